The molecule has 2 rings (SSSR count). The molecule has 1 heterocycles. The first-order valence-electron chi connectivity index (χ1n) is 6.21. The number of amides is 2. The van der Waals surface area contributed by atoms with Gasteiger partial charge in [-0.1, -0.05) is 0 Å². The summed E-state index contributed by atoms with van der Waals surface area (Å²) in [7, 11) is 0. The number of carbonyl (C=O) groups is 2. The van der Waals surface area contributed by atoms with E-state index in [9.17, 15) is 19.7 Å². The van der Waals surface area contributed by atoms with Crippen LogP contribution < -0.4 is 10.6 Å². The highest BCUT2D eigenvalue weighted by Crippen LogP contribution is 2.27. The second-order valence-electron chi connectivity index (χ2n) is 4.91. The van der Waals surface area contributed by atoms with Crippen LogP contribution in [0.15, 0.2) is 12.1 Å². The Morgan fingerprint density at radius 2 is 2.10 bits per heavy atom. The van der Waals surface area contributed by atoms with Crippen LogP contribution in [-0.4, -0.2) is 23.3 Å². The molecule has 7 nitrogen and oxygen atoms in total. The highest BCUT2D eigenvalue weighted by atomic mass is 16.6. The van der Waals surface area contributed by atoms with Gasteiger partial charge in [-0.3, -0.25) is 19.7 Å². The molecule has 106 valence electrons. The quantitative estimate of drug-likeness (QED) is 0.642. The molecule has 1 fully saturated rings. The Bertz CT molecular complexity index is 598. The van der Waals surface area contributed by atoms with Gasteiger partial charge in [-0.25, -0.2) is 0 Å². The molecule has 1 saturated heterocycles. The first-order chi connectivity index (χ1) is 9.38. The topological polar surface area (TPSA) is 101 Å². The standard InChI is InChI=1S/C13H15N3O4/c1-7-3-8(2)11(16(19)20)5-10(7)15-13(18)9-4-12(17)14-6-9/h3,5,9H,4,6H2,1-2H3,(H,14,17)(H,15,18). The summed E-state index contributed by atoms with van der Waals surface area (Å²) < 4.78 is 0. The molecule has 7 heteroatoms. The van der Waals surface area contributed by atoms with Gasteiger partial charge in [0.05, 0.1) is 16.5 Å². The van der Waals surface area contributed by atoms with Crippen LogP contribution in [0.5, 0.6) is 0 Å². The van der Waals surface area contributed by atoms with E-state index in [1.54, 1.807) is 19.9 Å². The minimum Gasteiger partial charge on any atom is -0.355 e. The van der Waals surface area contributed by atoms with Crippen LogP contribution in [0, 0.1) is 29.9 Å². The maximum Gasteiger partial charge on any atom is 0.274 e. The number of carbonyl (C=O) groups excluding carboxylic acids is 2. The average Bonchev–Trinajstić information content (AvgIpc) is 2.79. The average molecular weight is 277 g/mol. The fourth-order valence-corrected chi connectivity index (χ4v) is 2.20. The lowest BCUT2D eigenvalue weighted by atomic mass is 10.1. The van der Waals surface area contributed by atoms with Gasteiger partial charge >= 0.3 is 0 Å². The highest BCUT2D eigenvalue weighted by molar-refractivity contribution is 5.97. The van der Waals surface area contributed by atoms with Gasteiger partial charge in [0.2, 0.25) is 11.8 Å². The van der Waals surface area contributed by atoms with Crippen LogP contribution in [0.4, 0.5) is 11.4 Å². The van der Waals surface area contributed by atoms with Gasteiger partial charge in [-0.15, -0.1) is 0 Å². The Balaban J connectivity index is 2.20. The molecule has 2 amide bonds. The second kappa shape index (κ2) is 5.28. The van der Waals surface area contributed by atoms with E-state index in [-0.39, 0.29) is 23.9 Å². The number of nitro groups is 1. The maximum absolute atomic E-state index is 12.0. The normalized spacial score (nSPS) is 17.7. The van der Waals surface area contributed by atoms with Crippen LogP contribution in [0.3, 0.4) is 0 Å². The predicted molar refractivity (Wildman–Crippen MR) is 72.3 cm³/mol. The Morgan fingerprint density at radius 1 is 1.40 bits per heavy atom. The lowest BCUT2D eigenvalue weighted by Crippen LogP contribution is -2.25. The number of hydrogen-bond acceptors (Lipinski definition) is 4. The summed E-state index contributed by atoms with van der Waals surface area (Å²) in [5.74, 6) is -0.886. The summed E-state index contributed by atoms with van der Waals surface area (Å²) in [5, 5.41) is 16.1. The molecule has 20 heavy (non-hydrogen) atoms. The molecule has 1 aromatic carbocycles. The lowest BCUT2D eigenvalue weighted by molar-refractivity contribution is -0.385. The van der Waals surface area contributed by atoms with Crippen molar-refractivity contribution in [2.24, 2.45) is 5.92 Å². The third-order valence-electron chi connectivity index (χ3n) is 3.35. The van der Waals surface area contributed by atoms with Gasteiger partial charge in [-0.2, -0.15) is 0 Å². The summed E-state index contributed by atoms with van der Waals surface area (Å²) in [4.78, 5) is 33.5. The Morgan fingerprint density at radius 3 is 2.65 bits per heavy atom. The number of aryl methyl sites for hydroxylation is 2. The van der Waals surface area contributed by atoms with Crippen molar-refractivity contribution in [2.45, 2.75) is 20.3 Å². The number of nitro benzene ring substituents is 1. The van der Waals surface area contributed by atoms with Gasteiger partial charge in [-0.05, 0) is 25.5 Å². The Hall–Kier alpha value is -2.44. The molecule has 1 aliphatic rings. The molecule has 0 bridgehead atoms. The second-order valence-corrected chi connectivity index (χ2v) is 4.91. The number of rotatable bonds is 3. The summed E-state index contributed by atoms with van der Waals surface area (Å²) in [6.07, 6.45) is 0.152. The molecule has 0 spiro atoms. The number of nitrogens with zero attached hydrogens (tertiary/aromatic N) is 1. The first kappa shape index (κ1) is 14.0. The predicted octanol–water partition coefficient (Wildman–Crippen LogP) is 1.29. The summed E-state index contributed by atoms with van der Waals surface area (Å²) in [6.45, 7) is 3.72. The minimum atomic E-state index is -0.481. The van der Waals surface area contributed by atoms with Crippen molar-refractivity contribution < 1.29 is 14.5 Å². The molecule has 2 N–H and O–H groups in total. The summed E-state index contributed by atoms with van der Waals surface area (Å²) in [6, 6.07) is 3.01. The van der Waals surface area contributed by atoms with E-state index >= 15 is 0 Å². The van der Waals surface area contributed by atoms with E-state index in [0.29, 0.717) is 17.8 Å². The van der Waals surface area contributed by atoms with Gasteiger partial charge in [0.15, 0.2) is 0 Å². The molecule has 0 radical (unpaired) electrons. The molecule has 1 aromatic rings. The van der Waals surface area contributed by atoms with E-state index < -0.39 is 10.8 Å². The van der Waals surface area contributed by atoms with Crippen molar-refractivity contribution >= 4 is 23.2 Å². The largest absolute Gasteiger partial charge is 0.355 e. The van der Waals surface area contributed by atoms with Gasteiger partial charge < -0.3 is 10.6 Å². The Kier molecular flexibility index (Phi) is 3.69. The molecule has 1 unspecified atom stereocenters. The molecule has 0 aromatic heterocycles. The number of nitrogens with one attached hydrogen (secondary N) is 2. The smallest absolute Gasteiger partial charge is 0.274 e. The molecule has 0 aliphatic carbocycles. The van der Waals surface area contributed by atoms with E-state index in [1.807, 2.05) is 0 Å². The van der Waals surface area contributed by atoms with Crippen LogP contribution in [0.25, 0.3) is 0 Å². The van der Waals surface area contributed by atoms with Crippen LogP contribution in [0.2, 0.25) is 0 Å². The summed E-state index contributed by atoms with van der Waals surface area (Å²) >= 11 is 0. The third-order valence-corrected chi connectivity index (χ3v) is 3.35. The third kappa shape index (κ3) is 2.76. The highest BCUT2D eigenvalue weighted by Gasteiger charge is 2.28. The first-order valence-corrected chi connectivity index (χ1v) is 6.21. The van der Waals surface area contributed by atoms with E-state index in [2.05, 4.69) is 10.6 Å². The Labute approximate surface area is 115 Å². The zero-order valence-corrected chi connectivity index (χ0v) is 11.2. The number of hydrogen-bond donors (Lipinski definition) is 2. The van der Waals surface area contributed by atoms with Gasteiger partial charge in [0, 0.05) is 24.6 Å². The zero-order valence-electron chi connectivity index (χ0n) is 11.2. The van der Waals surface area contributed by atoms with Crippen molar-refractivity contribution in [3.8, 4) is 0 Å². The lowest BCUT2D eigenvalue weighted by Gasteiger charge is -2.12. The minimum absolute atomic E-state index is 0.0356. The van der Waals surface area contributed by atoms with E-state index in [1.165, 1.54) is 6.07 Å². The monoisotopic (exact) mass is 277 g/mol. The molecular formula is C13H15N3O4. The fraction of sp³-hybridized carbons (Fsp3) is 0.385. The molecular weight excluding hydrogens is 262 g/mol. The maximum atomic E-state index is 12.0. The van der Waals surface area contributed by atoms with Crippen LogP contribution in [-0.2, 0) is 9.59 Å². The molecule has 1 aliphatic heterocycles. The molecule has 1 atom stereocenters. The van der Waals surface area contributed by atoms with Crippen LogP contribution in [0.1, 0.15) is 17.5 Å². The van der Waals surface area contributed by atoms with Gasteiger partial charge in [0.1, 0.15) is 0 Å². The van der Waals surface area contributed by atoms with Crippen molar-refractivity contribution in [1.29, 1.82) is 0 Å². The van der Waals surface area contributed by atoms with Crippen molar-refractivity contribution in [3.63, 3.8) is 0 Å². The van der Waals surface area contributed by atoms with E-state index in [4.69, 9.17) is 0 Å². The summed E-state index contributed by atoms with van der Waals surface area (Å²) in [5.41, 5.74) is 1.67. The number of benzene rings is 1. The van der Waals surface area contributed by atoms with E-state index in [0.717, 1.165) is 5.56 Å². The fourth-order valence-electron chi connectivity index (χ4n) is 2.20. The number of anilines is 1. The van der Waals surface area contributed by atoms with Crippen molar-refractivity contribution in [3.05, 3.63) is 33.4 Å². The SMILES string of the molecule is Cc1cc(C)c([N+](=O)[O-])cc1NC(=O)C1CNC(=O)C1. The molecule has 0 saturated carbocycles. The zero-order chi connectivity index (χ0) is 14.9. The van der Waals surface area contributed by atoms with Crippen molar-refractivity contribution in [1.82, 2.24) is 5.32 Å². The van der Waals surface area contributed by atoms with Crippen molar-refractivity contribution in [2.75, 3.05) is 11.9 Å². The van der Waals surface area contributed by atoms with Crippen LogP contribution >= 0.6 is 0 Å². The van der Waals surface area contributed by atoms with Gasteiger partial charge in [0.25, 0.3) is 5.69 Å².